The summed E-state index contributed by atoms with van der Waals surface area (Å²) in [7, 11) is 0. The molecule has 3 aromatic rings. The van der Waals surface area contributed by atoms with Gasteiger partial charge in [-0.15, -0.1) is 11.3 Å². The number of hydrogen-bond donors (Lipinski definition) is 1. The third-order valence-electron chi connectivity index (χ3n) is 3.36. The van der Waals surface area contributed by atoms with Crippen molar-refractivity contribution in [3.63, 3.8) is 0 Å². The van der Waals surface area contributed by atoms with E-state index < -0.39 is 0 Å². The fourth-order valence-corrected chi connectivity index (χ4v) is 3.45. The average molecular weight is 267 g/mol. The van der Waals surface area contributed by atoms with Gasteiger partial charge < -0.3 is 5.32 Å². The summed E-state index contributed by atoms with van der Waals surface area (Å²) in [6, 6.07) is 19.7. The minimum atomic E-state index is 0.272. The van der Waals surface area contributed by atoms with Crippen molar-refractivity contribution in [2.75, 3.05) is 6.54 Å². The molecule has 1 aromatic heterocycles. The molecule has 96 valence electrons. The smallest absolute Gasteiger partial charge is 0.0590 e. The first kappa shape index (κ1) is 12.4. The van der Waals surface area contributed by atoms with Gasteiger partial charge in [0.1, 0.15) is 0 Å². The molecule has 0 spiro atoms. The van der Waals surface area contributed by atoms with Crippen molar-refractivity contribution >= 4 is 21.4 Å². The summed E-state index contributed by atoms with van der Waals surface area (Å²) >= 11 is 1.82. The lowest BCUT2D eigenvalue weighted by Gasteiger charge is -2.19. The summed E-state index contributed by atoms with van der Waals surface area (Å²) in [5.74, 6) is 0. The standard InChI is InChI=1S/C17H17NS/c1-2-18-16(13-7-4-3-5-8-13)15-10-6-9-14-11-12-19-17(14)15/h3-12,16,18H,2H2,1H3. The summed E-state index contributed by atoms with van der Waals surface area (Å²) in [5.41, 5.74) is 2.70. The van der Waals surface area contributed by atoms with E-state index in [0.29, 0.717) is 0 Å². The summed E-state index contributed by atoms with van der Waals surface area (Å²) in [6.07, 6.45) is 0. The lowest BCUT2D eigenvalue weighted by atomic mass is 9.98. The molecule has 0 aliphatic rings. The van der Waals surface area contributed by atoms with Crippen LogP contribution < -0.4 is 5.32 Å². The Morgan fingerprint density at radius 3 is 2.63 bits per heavy atom. The van der Waals surface area contributed by atoms with Crippen LogP contribution in [0.2, 0.25) is 0 Å². The summed E-state index contributed by atoms with van der Waals surface area (Å²) in [4.78, 5) is 0. The second-order valence-corrected chi connectivity index (χ2v) is 5.50. The molecule has 2 heteroatoms. The van der Waals surface area contributed by atoms with Gasteiger partial charge in [-0.2, -0.15) is 0 Å². The van der Waals surface area contributed by atoms with Crippen LogP contribution in [-0.2, 0) is 0 Å². The number of nitrogens with one attached hydrogen (secondary N) is 1. The van der Waals surface area contributed by atoms with Crippen molar-refractivity contribution in [2.24, 2.45) is 0 Å². The number of benzene rings is 2. The predicted molar refractivity (Wildman–Crippen MR) is 83.8 cm³/mol. The van der Waals surface area contributed by atoms with Crippen molar-refractivity contribution in [2.45, 2.75) is 13.0 Å². The van der Waals surface area contributed by atoms with E-state index in [1.165, 1.54) is 21.2 Å². The van der Waals surface area contributed by atoms with Crippen LogP contribution in [0.5, 0.6) is 0 Å². The zero-order chi connectivity index (χ0) is 13.1. The number of rotatable bonds is 4. The lowest BCUT2D eigenvalue weighted by Crippen LogP contribution is -2.21. The summed E-state index contributed by atoms with van der Waals surface area (Å²) in [6.45, 7) is 3.12. The first-order valence-corrected chi connectivity index (χ1v) is 7.52. The Labute approximate surface area is 117 Å². The highest BCUT2D eigenvalue weighted by atomic mass is 32.1. The van der Waals surface area contributed by atoms with E-state index in [2.05, 4.69) is 72.2 Å². The van der Waals surface area contributed by atoms with Crippen LogP contribution in [0.25, 0.3) is 10.1 Å². The Morgan fingerprint density at radius 1 is 1.00 bits per heavy atom. The molecule has 3 rings (SSSR count). The molecule has 1 N–H and O–H groups in total. The first-order chi connectivity index (χ1) is 9.40. The molecule has 19 heavy (non-hydrogen) atoms. The van der Waals surface area contributed by atoms with Gasteiger partial charge in [-0.3, -0.25) is 0 Å². The Balaban J connectivity index is 2.12. The predicted octanol–water partition coefficient (Wildman–Crippen LogP) is 4.60. The summed E-state index contributed by atoms with van der Waals surface area (Å²) in [5, 5.41) is 7.11. The molecule has 0 radical (unpaired) electrons. The van der Waals surface area contributed by atoms with Crippen LogP contribution in [0, 0.1) is 0 Å². The fraction of sp³-hybridized carbons (Fsp3) is 0.176. The van der Waals surface area contributed by atoms with E-state index in [1.54, 1.807) is 0 Å². The minimum absolute atomic E-state index is 0.272. The minimum Gasteiger partial charge on any atom is -0.306 e. The maximum absolute atomic E-state index is 3.60. The van der Waals surface area contributed by atoms with Crippen molar-refractivity contribution in [1.29, 1.82) is 0 Å². The van der Waals surface area contributed by atoms with E-state index in [-0.39, 0.29) is 6.04 Å². The van der Waals surface area contributed by atoms with Gasteiger partial charge in [-0.25, -0.2) is 0 Å². The van der Waals surface area contributed by atoms with E-state index in [4.69, 9.17) is 0 Å². The first-order valence-electron chi connectivity index (χ1n) is 6.64. The van der Waals surface area contributed by atoms with E-state index in [1.807, 2.05) is 11.3 Å². The Hall–Kier alpha value is -1.64. The lowest BCUT2D eigenvalue weighted by molar-refractivity contribution is 0.635. The van der Waals surface area contributed by atoms with Gasteiger partial charge in [0.25, 0.3) is 0 Å². The molecule has 0 aliphatic heterocycles. The molecule has 0 saturated heterocycles. The zero-order valence-corrected chi connectivity index (χ0v) is 11.8. The molecule has 1 unspecified atom stereocenters. The molecule has 1 nitrogen and oxygen atoms in total. The molecule has 0 bridgehead atoms. The van der Waals surface area contributed by atoms with E-state index in [0.717, 1.165) is 6.54 Å². The normalized spacial score (nSPS) is 12.7. The van der Waals surface area contributed by atoms with Crippen LogP contribution >= 0.6 is 11.3 Å². The van der Waals surface area contributed by atoms with Crippen molar-refractivity contribution in [1.82, 2.24) is 5.32 Å². The van der Waals surface area contributed by atoms with Gasteiger partial charge in [-0.05, 0) is 34.5 Å². The van der Waals surface area contributed by atoms with Crippen LogP contribution in [-0.4, -0.2) is 6.54 Å². The van der Waals surface area contributed by atoms with Gasteiger partial charge >= 0.3 is 0 Å². The quantitative estimate of drug-likeness (QED) is 0.728. The van der Waals surface area contributed by atoms with Gasteiger partial charge in [0.2, 0.25) is 0 Å². The highest BCUT2D eigenvalue weighted by molar-refractivity contribution is 7.17. The third-order valence-corrected chi connectivity index (χ3v) is 4.34. The molecule has 0 aliphatic carbocycles. The fourth-order valence-electron chi connectivity index (χ4n) is 2.50. The van der Waals surface area contributed by atoms with E-state index >= 15 is 0 Å². The van der Waals surface area contributed by atoms with Crippen molar-refractivity contribution in [3.8, 4) is 0 Å². The van der Waals surface area contributed by atoms with Gasteiger partial charge in [-0.1, -0.05) is 55.5 Å². The molecule has 1 heterocycles. The van der Waals surface area contributed by atoms with Crippen LogP contribution in [0.1, 0.15) is 24.1 Å². The SMILES string of the molecule is CCNC(c1ccccc1)c1cccc2ccsc12. The number of fused-ring (bicyclic) bond motifs is 1. The number of hydrogen-bond acceptors (Lipinski definition) is 2. The topological polar surface area (TPSA) is 12.0 Å². The van der Waals surface area contributed by atoms with Crippen molar-refractivity contribution < 1.29 is 0 Å². The average Bonchev–Trinajstić information content (AvgIpc) is 2.94. The molecule has 0 fully saturated rings. The maximum Gasteiger partial charge on any atom is 0.0590 e. The summed E-state index contributed by atoms with van der Waals surface area (Å²) < 4.78 is 1.39. The Morgan fingerprint density at radius 2 is 1.84 bits per heavy atom. The van der Waals surface area contributed by atoms with Crippen LogP contribution in [0.3, 0.4) is 0 Å². The van der Waals surface area contributed by atoms with Crippen molar-refractivity contribution in [3.05, 3.63) is 71.1 Å². The molecular formula is C17H17NS. The zero-order valence-electron chi connectivity index (χ0n) is 11.0. The highest BCUT2D eigenvalue weighted by Gasteiger charge is 2.15. The molecule has 0 amide bonds. The Kier molecular flexibility index (Phi) is 3.62. The largest absolute Gasteiger partial charge is 0.306 e. The van der Waals surface area contributed by atoms with E-state index in [9.17, 15) is 0 Å². The third kappa shape index (κ3) is 2.42. The molecule has 0 saturated carbocycles. The van der Waals surface area contributed by atoms with Crippen LogP contribution in [0.15, 0.2) is 60.0 Å². The van der Waals surface area contributed by atoms with Gasteiger partial charge in [0.05, 0.1) is 6.04 Å². The second kappa shape index (κ2) is 5.55. The molecular weight excluding hydrogens is 250 g/mol. The van der Waals surface area contributed by atoms with Gasteiger partial charge in [0.15, 0.2) is 0 Å². The maximum atomic E-state index is 3.60. The second-order valence-electron chi connectivity index (χ2n) is 4.59. The Bertz CT molecular complexity index is 657. The number of thiophene rings is 1. The molecule has 2 aromatic carbocycles. The van der Waals surface area contributed by atoms with Gasteiger partial charge in [0, 0.05) is 4.70 Å². The highest BCUT2D eigenvalue weighted by Crippen LogP contribution is 2.32. The van der Waals surface area contributed by atoms with Crippen LogP contribution in [0.4, 0.5) is 0 Å². The monoisotopic (exact) mass is 267 g/mol. The molecule has 1 atom stereocenters.